The standard InChI is InChI=1S/C31H45N3O5/c1-8-9-13-18-32-28(36)27(24-16-17-26(35)22(4)19-24)34(21(2)3)29(37)25(20-23-14-11-10-12-15-23)33-30(38)39-31(5,6)7/h10-12,14-17,19,21,25,27,35H,8-9,13,18,20H2,1-7H3,(H,32,36)(H,33,38). The van der Waals surface area contributed by atoms with Crippen molar-refractivity contribution in [2.45, 2.75) is 97.9 Å². The van der Waals surface area contributed by atoms with Gasteiger partial charge < -0.3 is 25.4 Å². The number of rotatable bonds is 12. The zero-order chi connectivity index (χ0) is 29.2. The predicted molar refractivity (Wildman–Crippen MR) is 153 cm³/mol. The Morgan fingerprint density at radius 2 is 1.69 bits per heavy atom. The van der Waals surface area contributed by atoms with Crippen LogP contribution in [0.5, 0.6) is 5.75 Å². The maximum absolute atomic E-state index is 14.3. The first-order chi connectivity index (χ1) is 18.3. The van der Waals surface area contributed by atoms with E-state index >= 15 is 0 Å². The molecule has 2 unspecified atom stereocenters. The first-order valence-corrected chi connectivity index (χ1v) is 13.8. The maximum Gasteiger partial charge on any atom is 0.408 e. The summed E-state index contributed by atoms with van der Waals surface area (Å²) in [6, 6.07) is 12.0. The van der Waals surface area contributed by atoms with Crippen LogP contribution in [0.4, 0.5) is 4.79 Å². The molecule has 0 aliphatic rings. The van der Waals surface area contributed by atoms with Gasteiger partial charge in [-0.15, -0.1) is 0 Å². The Hall–Kier alpha value is -3.55. The molecule has 0 radical (unpaired) electrons. The molecule has 2 aromatic carbocycles. The molecule has 39 heavy (non-hydrogen) atoms. The molecule has 3 amide bonds. The van der Waals surface area contributed by atoms with Gasteiger partial charge in [0.15, 0.2) is 0 Å². The van der Waals surface area contributed by atoms with Crippen molar-refractivity contribution in [3.05, 3.63) is 65.2 Å². The lowest BCUT2D eigenvalue weighted by atomic mass is 9.97. The van der Waals surface area contributed by atoms with Crippen LogP contribution < -0.4 is 10.6 Å². The number of benzene rings is 2. The van der Waals surface area contributed by atoms with E-state index in [1.165, 1.54) is 11.0 Å². The molecule has 0 aliphatic heterocycles. The van der Waals surface area contributed by atoms with Gasteiger partial charge >= 0.3 is 6.09 Å². The molecule has 214 valence electrons. The van der Waals surface area contributed by atoms with Crippen LogP contribution in [0.1, 0.15) is 83.5 Å². The van der Waals surface area contributed by atoms with Crippen LogP contribution >= 0.6 is 0 Å². The molecule has 8 nitrogen and oxygen atoms in total. The maximum atomic E-state index is 14.3. The van der Waals surface area contributed by atoms with Crippen LogP contribution in [0.15, 0.2) is 48.5 Å². The number of nitrogens with one attached hydrogen (secondary N) is 2. The molecule has 2 rings (SSSR count). The van der Waals surface area contributed by atoms with Crippen LogP contribution in [0.25, 0.3) is 0 Å². The smallest absolute Gasteiger partial charge is 0.408 e. The van der Waals surface area contributed by atoms with Crippen molar-refractivity contribution in [1.82, 2.24) is 15.5 Å². The number of aromatic hydroxyl groups is 1. The average molecular weight is 540 g/mol. The second kappa shape index (κ2) is 14.6. The number of hydrogen-bond acceptors (Lipinski definition) is 5. The number of alkyl carbamates (subject to hydrolysis) is 1. The van der Waals surface area contributed by atoms with Crippen molar-refractivity contribution in [3.8, 4) is 5.75 Å². The van der Waals surface area contributed by atoms with Gasteiger partial charge in [-0.1, -0.05) is 56.2 Å². The molecular weight excluding hydrogens is 494 g/mol. The number of hydrogen-bond donors (Lipinski definition) is 3. The van der Waals surface area contributed by atoms with E-state index < -0.39 is 29.7 Å². The summed E-state index contributed by atoms with van der Waals surface area (Å²) in [5.41, 5.74) is 1.29. The predicted octanol–water partition coefficient (Wildman–Crippen LogP) is 5.42. The lowest BCUT2D eigenvalue weighted by Gasteiger charge is -2.37. The Morgan fingerprint density at radius 3 is 2.26 bits per heavy atom. The van der Waals surface area contributed by atoms with Gasteiger partial charge in [0.25, 0.3) is 0 Å². The molecule has 0 fully saturated rings. The first kappa shape index (κ1) is 31.7. The van der Waals surface area contributed by atoms with Gasteiger partial charge in [-0.3, -0.25) is 9.59 Å². The third kappa shape index (κ3) is 9.93. The number of carbonyl (C=O) groups is 3. The number of ether oxygens (including phenoxy) is 1. The summed E-state index contributed by atoms with van der Waals surface area (Å²) in [5, 5.41) is 15.9. The molecule has 2 atom stereocenters. The first-order valence-electron chi connectivity index (χ1n) is 13.8. The normalized spacial score (nSPS) is 12.9. The van der Waals surface area contributed by atoms with E-state index in [-0.39, 0.29) is 24.1 Å². The quantitative estimate of drug-likeness (QED) is 0.312. The van der Waals surface area contributed by atoms with Crippen LogP contribution in [0.2, 0.25) is 0 Å². The highest BCUT2D eigenvalue weighted by Crippen LogP contribution is 2.29. The van der Waals surface area contributed by atoms with Crippen LogP contribution in [0.3, 0.4) is 0 Å². The van der Waals surface area contributed by atoms with E-state index in [0.29, 0.717) is 17.7 Å². The molecule has 8 heteroatoms. The fourth-order valence-electron chi connectivity index (χ4n) is 4.33. The third-order valence-corrected chi connectivity index (χ3v) is 6.23. The van der Waals surface area contributed by atoms with E-state index in [1.807, 2.05) is 44.2 Å². The lowest BCUT2D eigenvalue weighted by molar-refractivity contribution is -0.144. The number of nitrogens with zero attached hydrogens (tertiary/aromatic N) is 1. The largest absolute Gasteiger partial charge is 0.508 e. The highest BCUT2D eigenvalue weighted by Gasteiger charge is 2.38. The summed E-state index contributed by atoms with van der Waals surface area (Å²) in [5.74, 6) is -0.607. The van der Waals surface area contributed by atoms with E-state index in [2.05, 4.69) is 17.6 Å². The van der Waals surface area contributed by atoms with Gasteiger partial charge in [0.2, 0.25) is 11.8 Å². The minimum absolute atomic E-state index is 0.108. The highest BCUT2D eigenvalue weighted by molar-refractivity contribution is 5.92. The zero-order valence-corrected chi connectivity index (χ0v) is 24.4. The zero-order valence-electron chi connectivity index (χ0n) is 24.4. The Bertz CT molecular complexity index is 1100. The average Bonchev–Trinajstić information content (AvgIpc) is 2.85. The summed E-state index contributed by atoms with van der Waals surface area (Å²) in [6.45, 7) is 13.3. The molecule has 0 saturated heterocycles. The van der Waals surface area contributed by atoms with Gasteiger partial charge in [-0.2, -0.15) is 0 Å². The summed E-state index contributed by atoms with van der Waals surface area (Å²) in [6.07, 6.45) is 2.35. The van der Waals surface area contributed by atoms with Crippen molar-refractivity contribution in [3.63, 3.8) is 0 Å². The third-order valence-electron chi connectivity index (χ3n) is 6.23. The fourth-order valence-corrected chi connectivity index (χ4v) is 4.33. The van der Waals surface area contributed by atoms with Crippen molar-refractivity contribution in [2.24, 2.45) is 0 Å². The molecular formula is C31H45N3O5. The van der Waals surface area contributed by atoms with Crippen molar-refractivity contribution < 1.29 is 24.2 Å². The highest BCUT2D eigenvalue weighted by atomic mass is 16.6. The van der Waals surface area contributed by atoms with E-state index in [4.69, 9.17) is 4.74 Å². The summed E-state index contributed by atoms with van der Waals surface area (Å²) in [7, 11) is 0. The van der Waals surface area contributed by atoms with E-state index in [1.54, 1.807) is 39.8 Å². The summed E-state index contributed by atoms with van der Waals surface area (Å²) < 4.78 is 5.47. The Labute approximate surface area is 233 Å². The van der Waals surface area contributed by atoms with Crippen LogP contribution in [0, 0.1) is 6.92 Å². The van der Waals surface area contributed by atoms with Crippen LogP contribution in [-0.2, 0) is 20.7 Å². The monoisotopic (exact) mass is 539 g/mol. The number of phenols is 1. The van der Waals surface area contributed by atoms with Crippen molar-refractivity contribution in [1.29, 1.82) is 0 Å². The second-order valence-corrected chi connectivity index (χ2v) is 11.2. The summed E-state index contributed by atoms with van der Waals surface area (Å²) in [4.78, 5) is 42.3. The molecule has 0 aromatic heterocycles. The van der Waals surface area contributed by atoms with Gasteiger partial charge in [-0.25, -0.2) is 4.79 Å². The Balaban J connectivity index is 2.51. The SMILES string of the molecule is CCCCCNC(=O)C(c1ccc(O)c(C)c1)N(C(=O)C(Cc1ccccc1)NC(=O)OC(C)(C)C)C(C)C. The molecule has 0 spiro atoms. The number of amides is 3. The number of unbranched alkanes of at least 4 members (excludes halogenated alkanes) is 2. The van der Waals surface area contributed by atoms with Crippen LogP contribution in [-0.4, -0.2) is 52.1 Å². The fraction of sp³-hybridized carbons (Fsp3) is 0.516. The van der Waals surface area contributed by atoms with Gasteiger partial charge in [0.05, 0.1) is 0 Å². The van der Waals surface area contributed by atoms with E-state index in [0.717, 1.165) is 24.8 Å². The van der Waals surface area contributed by atoms with Gasteiger partial charge in [-0.05, 0) is 76.8 Å². The molecule has 0 heterocycles. The number of phenolic OH excluding ortho intramolecular Hbond substituents is 1. The lowest BCUT2D eigenvalue weighted by Crippen LogP contribution is -2.55. The second-order valence-electron chi connectivity index (χ2n) is 11.2. The molecule has 2 aromatic rings. The topological polar surface area (TPSA) is 108 Å². The van der Waals surface area contributed by atoms with Crippen molar-refractivity contribution >= 4 is 17.9 Å². The molecule has 0 aliphatic carbocycles. The Kier molecular flexibility index (Phi) is 11.8. The van der Waals surface area contributed by atoms with Gasteiger partial charge in [0.1, 0.15) is 23.4 Å². The molecule has 0 bridgehead atoms. The van der Waals surface area contributed by atoms with Gasteiger partial charge in [0, 0.05) is 19.0 Å². The van der Waals surface area contributed by atoms with Crippen molar-refractivity contribution in [2.75, 3.05) is 6.54 Å². The minimum atomic E-state index is -0.974. The summed E-state index contributed by atoms with van der Waals surface area (Å²) >= 11 is 0. The number of carbonyl (C=O) groups excluding carboxylic acids is 3. The molecule has 0 saturated carbocycles. The number of aryl methyl sites for hydroxylation is 1. The van der Waals surface area contributed by atoms with E-state index in [9.17, 15) is 19.5 Å². The minimum Gasteiger partial charge on any atom is -0.508 e. The molecule has 3 N–H and O–H groups in total. The Morgan fingerprint density at radius 1 is 1.03 bits per heavy atom.